The van der Waals surface area contributed by atoms with Gasteiger partial charge in [0.1, 0.15) is 10.6 Å². The maximum Gasteiger partial charge on any atom is 0.310 e. The summed E-state index contributed by atoms with van der Waals surface area (Å²) in [5.74, 6) is 0. The van der Waals surface area contributed by atoms with Crippen molar-refractivity contribution >= 4 is 21.2 Å². The second-order valence-electron chi connectivity index (χ2n) is 7.54. The van der Waals surface area contributed by atoms with Gasteiger partial charge in [0.25, 0.3) is 0 Å². The highest BCUT2D eigenvalue weighted by Gasteiger charge is 2.25. The van der Waals surface area contributed by atoms with Crippen molar-refractivity contribution in [3.8, 4) is 0 Å². The minimum absolute atomic E-state index is 0.201. The van der Waals surface area contributed by atoms with E-state index in [-0.39, 0.29) is 10.6 Å². The predicted molar refractivity (Wildman–Crippen MR) is 114 cm³/mol. The van der Waals surface area contributed by atoms with E-state index in [1.165, 1.54) is 49.4 Å². The third kappa shape index (κ3) is 5.77. The molecule has 156 valence electrons. The van der Waals surface area contributed by atoms with Crippen molar-refractivity contribution in [3.63, 3.8) is 0 Å². The third-order valence-corrected chi connectivity index (χ3v) is 6.32. The van der Waals surface area contributed by atoms with E-state index in [1.807, 2.05) is 12.1 Å². The summed E-state index contributed by atoms with van der Waals surface area (Å²) < 4.78 is 23.7. The molecule has 1 fully saturated rings. The highest BCUT2D eigenvalue weighted by molar-refractivity contribution is 7.90. The van der Waals surface area contributed by atoms with E-state index in [4.69, 9.17) is 0 Å². The van der Waals surface area contributed by atoms with Gasteiger partial charge in [-0.3, -0.25) is 15.0 Å². The molecule has 7 nitrogen and oxygen atoms in total. The minimum Gasteiger partial charge on any atom is -0.375 e. The van der Waals surface area contributed by atoms with Gasteiger partial charge in [0.15, 0.2) is 9.84 Å². The molecule has 1 N–H and O–H groups in total. The SMILES string of the molecule is CS(=O)(=O)c1cccc(NCc2ccc(CN3CCCCCC3)cc2)c1[N+](=O)[O-]. The lowest BCUT2D eigenvalue weighted by molar-refractivity contribution is -0.386. The number of anilines is 1. The molecule has 3 rings (SSSR count). The number of rotatable bonds is 7. The van der Waals surface area contributed by atoms with Crippen molar-refractivity contribution < 1.29 is 13.3 Å². The van der Waals surface area contributed by atoms with Gasteiger partial charge >= 0.3 is 5.69 Å². The zero-order valence-corrected chi connectivity index (χ0v) is 17.5. The molecule has 0 saturated carbocycles. The van der Waals surface area contributed by atoms with Crippen LogP contribution in [-0.2, 0) is 22.9 Å². The van der Waals surface area contributed by atoms with Gasteiger partial charge in [-0.1, -0.05) is 43.2 Å². The summed E-state index contributed by atoms with van der Waals surface area (Å²) in [7, 11) is -3.69. The van der Waals surface area contributed by atoms with Crippen molar-refractivity contribution in [2.75, 3.05) is 24.7 Å². The van der Waals surface area contributed by atoms with Crippen LogP contribution in [0.25, 0.3) is 0 Å². The predicted octanol–water partition coefficient (Wildman–Crippen LogP) is 3.99. The number of nitrogens with zero attached hydrogens (tertiary/aromatic N) is 2. The Balaban J connectivity index is 1.68. The van der Waals surface area contributed by atoms with Crippen LogP contribution in [0.15, 0.2) is 47.4 Å². The Bertz CT molecular complexity index is 950. The fraction of sp³-hybridized carbons (Fsp3) is 0.429. The van der Waals surface area contributed by atoms with Crippen LogP contribution in [0.3, 0.4) is 0 Å². The molecule has 0 aromatic heterocycles. The van der Waals surface area contributed by atoms with E-state index in [2.05, 4.69) is 22.3 Å². The van der Waals surface area contributed by atoms with Gasteiger partial charge in [0.2, 0.25) is 0 Å². The zero-order valence-electron chi connectivity index (χ0n) is 16.6. The van der Waals surface area contributed by atoms with Gasteiger partial charge in [-0.15, -0.1) is 0 Å². The fourth-order valence-corrected chi connectivity index (χ4v) is 4.53. The molecule has 0 radical (unpaired) electrons. The summed E-state index contributed by atoms with van der Waals surface area (Å²) in [6.45, 7) is 3.60. The normalized spacial score (nSPS) is 15.6. The van der Waals surface area contributed by atoms with E-state index in [1.54, 1.807) is 0 Å². The van der Waals surface area contributed by atoms with E-state index >= 15 is 0 Å². The fourth-order valence-electron chi connectivity index (χ4n) is 3.66. The monoisotopic (exact) mass is 417 g/mol. The van der Waals surface area contributed by atoms with Gasteiger partial charge in [-0.05, 0) is 49.2 Å². The lowest BCUT2D eigenvalue weighted by Crippen LogP contribution is -2.23. The molecule has 2 aromatic carbocycles. The largest absolute Gasteiger partial charge is 0.375 e. The molecule has 2 aromatic rings. The van der Waals surface area contributed by atoms with Crippen molar-refractivity contribution in [1.29, 1.82) is 0 Å². The van der Waals surface area contributed by atoms with Crippen molar-refractivity contribution in [1.82, 2.24) is 4.90 Å². The number of nitrogens with one attached hydrogen (secondary N) is 1. The first-order chi connectivity index (χ1) is 13.8. The van der Waals surface area contributed by atoms with Crippen molar-refractivity contribution in [3.05, 3.63) is 63.7 Å². The van der Waals surface area contributed by atoms with E-state index < -0.39 is 20.4 Å². The lowest BCUT2D eigenvalue weighted by Gasteiger charge is -2.19. The van der Waals surface area contributed by atoms with Crippen LogP contribution in [0.5, 0.6) is 0 Å². The van der Waals surface area contributed by atoms with E-state index in [0.717, 1.165) is 31.5 Å². The third-order valence-electron chi connectivity index (χ3n) is 5.19. The first-order valence-corrected chi connectivity index (χ1v) is 11.8. The second-order valence-corrected chi connectivity index (χ2v) is 9.53. The Morgan fingerprint density at radius 1 is 1.00 bits per heavy atom. The Kier molecular flexibility index (Phi) is 6.87. The molecule has 8 heteroatoms. The van der Waals surface area contributed by atoms with Gasteiger partial charge in [0.05, 0.1) is 4.92 Å². The first kappa shape index (κ1) is 21.3. The van der Waals surface area contributed by atoms with Crippen LogP contribution in [0.2, 0.25) is 0 Å². The Labute approximate surface area is 171 Å². The molecule has 1 aliphatic heterocycles. The van der Waals surface area contributed by atoms with Gasteiger partial charge < -0.3 is 5.32 Å². The van der Waals surface area contributed by atoms with E-state index in [0.29, 0.717) is 6.54 Å². The maximum atomic E-state index is 11.9. The van der Waals surface area contributed by atoms with Crippen LogP contribution in [-0.4, -0.2) is 37.6 Å². The van der Waals surface area contributed by atoms with Crippen LogP contribution in [0.1, 0.15) is 36.8 Å². The Morgan fingerprint density at radius 3 is 2.21 bits per heavy atom. The Hall–Kier alpha value is -2.45. The number of sulfone groups is 1. The summed E-state index contributed by atoms with van der Waals surface area (Å²) in [5, 5.41) is 14.5. The van der Waals surface area contributed by atoms with Crippen molar-refractivity contribution in [2.45, 2.75) is 43.7 Å². The molecule has 0 atom stereocenters. The summed E-state index contributed by atoms with van der Waals surface area (Å²) in [6, 6.07) is 12.5. The molecule has 1 saturated heterocycles. The number of likely N-dealkylation sites (tertiary alicyclic amines) is 1. The summed E-state index contributed by atoms with van der Waals surface area (Å²) in [4.78, 5) is 13.0. The number of benzene rings is 2. The topological polar surface area (TPSA) is 92.6 Å². The molecule has 29 heavy (non-hydrogen) atoms. The molecule has 0 aliphatic carbocycles. The minimum atomic E-state index is -3.69. The first-order valence-electron chi connectivity index (χ1n) is 9.86. The van der Waals surface area contributed by atoms with Gasteiger partial charge in [0, 0.05) is 19.3 Å². The van der Waals surface area contributed by atoms with E-state index in [9.17, 15) is 18.5 Å². The molecule has 0 unspecified atom stereocenters. The maximum absolute atomic E-state index is 11.9. The van der Waals surface area contributed by atoms with Gasteiger partial charge in [-0.25, -0.2) is 8.42 Å². The standard InChI is InChI=1S/C21H27N3O4S/c1-29(27,28)20-8-6-7-19(21(20)24(25)26)22-15-17-9-11-18(12-10-17)16-23-13-4-2-3-5-14-23/h6-12,22H,2-5,13-16H2,1H3. The number of hydrogen-bond acceptors (Lipinski definition) is 6. The van der Waals surface area contributed by atoms with Crippen LogP contribution >= 0.6 is 0 Å². The quantitative estimate of drug-likeness (QED) is 0.541. The molecule has 1 aliphatic rings. The average molecular weight is 418 g/mol. The molecule has 1 heterocycles. The zero-order chi connectivity index (χ0) is 20.9. The molecular weight excluding hydrogens is 390 g/mol. The highest BCUT2D eigenvalue weighted by atomic mass is 32.2. The number of para-hydroxylation sites is 1. The molecular formula is C21H27N3O4S. The summed E-state index contributed by atoms with van der Waals surface area (Å²) >= 11 is 0. The average Bonchev–Trinajstić information content (AvgIpc) is 2.95. The Morgan fingerprint density at radius 2 is 1.62 bits per heavy atom. The van der Waals surface area contributed by atoms with Crippen molar-refractivity contribution in [2.24, 2.45) is 0 Å². The van der Waals surface area contributed by atoms with Crippen LogP contribution < -0.4 is 5.32 Å². The van der Waals surface area contributed by atoms with Gasteiger partial charge in [-0.2, -0.15) is 0 Å². The summed E-state index contributed by atoms with van der Waals surface area (Å²) in [6.07, 6.45) is 6.12. The summed E-state index contributed by atoms with van der Waals surface area (Å²) in [5.41, 5.74) is 2.02. The number of hydrogen-bond donors (Lipinski definition) is 1. The molecule has 0 amide bonds. The smallest absolute Gasteiger partial charge is 0.310 e. The number of nitro groups is 1. The molecule has 0 bridgehead atoms. The highest BCUT2D eigenvalue weighted by Crippen LogP contribution is 2.32. The second kappa shape index (κ2) is 9.37. The van der Waals surface area contributed by atoms with Crippen LogP contribution in [0.4, 0.5) is 11.4 Å². The lowest BCUT2D eigenvalue weighted by atomic mass is 10.1. The van der Waals surface area contributed by atoms with Crippen LogP contribution in [0, 0.1) is 10.1 Å². The number of nitro benzene ring substituents is 1. The molecule has 0 spiro atoms.